The van der Waals surface area contributed by atoms with Crippen molar-refractivity contribution in [2.75, 3.05) is 5.32 Å². The van der Waals surface area contributed by atoms with E-state index in [0.29, 0.717) is 16.0 Å². The number of amides is 1. The summed E-state index contributed by atoms with van der Waals surface area (Å²) in [6.07, 6.45) is 4.75. The van der Waals surface area contributed by atoms with Gasteiger partial charge >= 0.3 is 0 Å². The van der Waals surface area contributed by atoms with Gasteiger partial charge in [-0.25, -0.2) is 14.4 Å². The fraction of sp³-hybridized carbons (Fsp3) is 0.214. The van der Waals surface area contributed by atoms with Crippen LogP contribution in [0.2, 0.25) is 0 Å². The van der Waals surface area contributed by atoms with E-state index in [9.17, 15) is 9.18 Å². The quantitative estimate of drug-likeness (QED) is 0.915. The summed E-state index contributed by atoms with van der Waals surface area (Å²) in [5.41, 5.74) is 0. The normalized spacial score (nSPS) is 13.8. The average Bonchev–Trinajstić information content (AvgIpc) is 3.27. The molecule has 5 nitrogen and oxygen atoms in total. The summed E-state index contributed by atoms with van der Waals surface area (Å²) < 4.78 is 19.5. The Hall–Kier alpha value is -2.02. The van der Waals surface area contributed by atoms with Gasteiger partial charge < -0.3 is 10.1 Å². The van der Waals surface area contributed by atoms with Gasteiger partial charge in [-0.2, -0.15) is 0 Å². The van der Waals surface area contributed by atoms with Gasteiger partial charge in [0.2, 0.25) is 5.91 Å². The van der Waals surface area contributed by atoms with Crippen LogP contribution in [0.25, 0.3) is 0 Å². The van der Waals surface area contributed by atoms with E-state index in [1.807, 2.05) is 0 Å². The number of anilines is 1. The minimum atomic E-state index is -0.579. The monoisotopic (exact) mass is 351 g/mol. The summed E-state index contributed by atoms with van der Waals surface area (Å²) in [6.45, 7) is 0. The smallest absolute Gasteiger partial charge is 0.255 e. The van der Waals surface area contributed by atoms with Crippen molar-refractivity contribution in [1.29, 1.82) is 0 Å². The van der Waals surface area contributed by atoms with Crippen LogP contribution in [0.3, 0.4) is 0 Å². The molecule has 1 aliphatic carbocycles. The maximum Gasteiger partial charge on any atom is 0.255 e. The van der Waals surface area contributed by atoms with Gasteiger partial charge in [0.25, 0.3) is 5.88 Å². The molecule has 1 aliphatic rings. The van der Waals surface area contributed by atoms with Crippen LogP contribution in [-0.4, -0.2) is 15.9 Å². The van der Waals surface area contributed by atoms with Gasteiger partial charge in [-0.05, 0) is 40.9 Å². The number of carbonyl (C=O) groups excluding carboxylic acids is 1. The highest BCUT2D eigenvalue weighted by atomic mass is 79.9. The first-order chi connectivity index (χ1) is 10.1. The number of pyridine rings is 2. The molecule has 3 rings (SSSR count). The third kappa shape index (κ3) is 3.55. The zero-order valence-electron chi connectivity index (χ0n) is 10.8. The lowest BCUT2D eigenvalue weighted by atomic mass is 10.3. The summed E-state index contributed by atoms with van der Waals surface area (Å²) in [4.78, 5) is 19.6. The zero-order valence-corrected chi connectivity index (χ0v) is 12.4. The van der Waals surface area contributed by atoms with E-state index in [1.165, 1.54) is 24.5 Å². The Labute approximate surface area is 128 Å². The van der Waals surface area contributed by atoms with Crippen molar-refractivity contribution in [3.63, 3.8) is 0 Å². The van der Waals surface area contributed by atoms with Crippen molar-refractivity contribution in [2.24, 2.45) is 5.92 Å². The predicted molar refractivity (Wildman–Crippen MR) is 77.6 cm³/mol. The Balaban J connectivity index is 1.74. The summed E-state index contributed by atoms with van der Waals surface area (Å²) in [5, 5.41) is 2.70. The number of hydrogen-bond acceptors (Lipinski definition) is 4. The Morgan fingerprint density at radius 1 is 1.38 bits per heavy atom. The molecule has 0 unspecified atom stereocenters. The second-order valence-corrected chi connectivity index (χ2v) is 5.60. The van der Waals surface area contributed by atoms with Crippen molar-refractivity contribution < 1.29 is 13.9 Å². The number of hydrogen-bond donors (Lipinski definition) is 1. The van der Waals surface area contributed by atoms with Crippen LogP contribution in [-0.2, 0) is 4.79 Å². The molecule has 7 heteroatoms. The Morgan fingerprint density at radius 3 is 2.90 bits per heavy atom. The van der Waals surface area contributed by atoms with E-state index in [1.54, 1.807) is 6.07 Å². The first kappa shape index (κ1) is 13.9. The van der Waals surface area contributed by atoms with Crippen LogP contribution in [0.1, 0.15) is 12.8 Å². The third-order valence-corrected chi connectivity index (χ3v) is 3.35. The van der Waals surface area contributed by atoms with Crippen LogP contribution >= 0.6 is 15.9 Å². The van der Waals surface area contributed by atoms with E-state index in [2.05, 4.69) is 31.2 Å². The molecule has 2 heterocycles. The lowest BCUT2D eigenvalue weighted by molar-refractivity contribution is -0.117. The summed E-state index contributed by atoms with van der Waals surface area (Å²) in [5.74, 6) is 0.0509. The van der Waals surface area contributed by atoms with E-state index in [-0.39, 0.29) is 17.7 Å². The van der Waals surface area contributed by atoms with Crippen molar-refractivity contribution >= 4 is 27.7 Å². The van der Waals surface area contributed by atoms with Gasteiger partial charge in [0, 0.05) is 28.9 Å². The number of aromatic nitrogens is 2. The molecule has 1 saturated carbocycles. The molecule has 0 spiro atoms. The van der Waals surface area contributed by atoms with Gasteiger partial charge in [-0.1, -0.05) is 0 Å². The minimum Gasteiger partial charge on any atom is -0.436 e. The standard InChI is InChI=1S/C14H11BrFN3O2/c15-9-5-11(16)14(18-7-9)21-10-3-4-17-12(6-10)19-13(20)8-1-2-8/h3-8H,1-2H2,(H,17,19,20). The first-order valence-electron chi connectivity index (χ1n) is 6.37. The lowest BCUT2D eigenvalue weighted by Gasteiger charge is -2.08. The molecule has 0 saturated heterocycles. The molecule has 0 bridgehead atoms. The molecule has 0 aliphatic heterocycles. The van der Waals surface area contributed by atoms with Crippen LogP contribution < -0.4 is 10.1 Å². The van der Waals surface area contributed by atoms with Gasteiger partial charge in [-0.3, -0.25) is 4.79 Å². The molecular formula is C14H11BrFN3O2. The van der Waals surface area contributed by atoms with Crippen LogP contribution in [0.15, 0.2) is 35.1 Å². The second-order valence-electron chi connectivity index (χ2n) is 4.68. The number of carbonyl (C=O) groups is 1. The van der Waals surface area contributed by atoms with Gasteiger partial charge in [0.05, 0.1) is 0 Å². The first-order valence-corrected chi connectivity index (χ1v) is 7.17. The fourth-order valence-electron chi connectivity index (χ4n) is 1.71. The van der Waals surface area contributed by atoms with Gasteiger partial charge in [0.15, 0.2) is 5.82 Å². The Kier molecular flexibility index (Phi) is 3.83. The Bertz CT molecular complexity index is 692. The van der Waals surface area contributed by atoms with Crippen molar-refractivity contribution in [2.45, 2.75) is 12.8 Å². The average molecular weight is 352 g/mol. The van der Waals surface area contributed by atoms with Crippen molar-refractivity contribution in [3.8, 4) is 11.6 Å². The molecule has 108 valence electrons. The van der Waals surface area contributed by atoms with E-state index in [0.717, 1.165) is 12.8 Å². The number of rotatable bonds is 4. The highest BCUT2D eigenvalue weighted by molar-refractivity contribution is 9.10. The highest BCUT2D eigenvalue weighted by Crippen LogP contribution is 2.30. The molecule has 1 amide bonds. The van der Waals surface area contributed by atoms with Gasteiger partial charge in [0.1, 0.15) is 11.6 Å². The molecule has 0 radical (unpaired) electrons. The third-order valence-electron chi connectivity index (χ3n) is 2.92. The molecule has 2 aromatic heterocycles. The summed E-state index contributed by atoms with van der Waals surface area (Å²) >= 11 is 3.12. The molecule has 2 aromatic rings. The van der Waals surface area contributed by atoms with E-state index in [4.69, 9.17) is 4.74 Å². The lowest BCUT2D eigenvalue weighted by Crippen LogP contribution is -2.14. The SMILES string of the molecule is O=C(Nc1cc(Oc2ncc(Br)cc2F)ccn1)C1CC1. The van der Waals surface area contributed by atoms with Crippen LogP contribution in [0, 0.1) is 11.7 Å². The summed E-state index contributed by atoms with van der Waals surface area (Å²) in [7, 11) is 0. The van der Waals surface area contributed by atoms with Gasteiger partial charge in [-0.15, -0.1) is 0 Å². The highest BCUT2D eigenvalue weighted by Gasteiger charge is 2.29. The maximum atomic E-state index is 13.7. The molecule has 1 fully saturated rings. The number of halogens is 2. The largest absolute Gasteiger partial charge is 0.436 e. The number of ether oxygens (including phenoxy) is 1. The molecule has 1 N–H and O–H groups in total. The predicted octanol–water partition coefficient (Wildman–Crippen LogP) is 3.52. The molecule has 0 aromatic carbocycles. The maximum absolute atomic E-state index is 13.7. The van der Waals surface area contributed by atoms with Crippen molar-refractivity contribution in [3.05, 3.63) is 40.9 Å². The molecule has 21 heavy (non-hydrogen) atoms. The molecule has 0 atom stereocenters. The van der Waals surface area contributed by atoms with Crippen LogP contribution in [0.5, 0.6) is 11.6 Å². The van der Waals surface area contributed by atoms with E-state index < -0.39 is 5.82 Å². The zero-order chi connectivity index (χ0) is 14.8. The minimum absolute atomic E-state index is 0.0485. The number of nitrogens with zero attached hydrogens (tertiary/aromatic N) is 2. The van der Waals surface area contributed by atoms with E-state index >= 15 is 0 Å². The fourth-order valence-corrected chi connectivity index (χ4v) is 2.01. The van der Waals surface area contributed by atoms with Crippen molar-refractivity contribution in [1.82, 2.24) is 9.97 Å². The summed E-state index contributed by atoms with van der Waals surface area (Å²) in [6, 6.07) is 4.36. The number of nitrogens with one attached hydrogen (secondary N) is 1. The van der Waals surface area contributed by atoms with Crippen LogP contribution in [0.4, 0.5) is 10.2 Å². The second kappa shape index (κ2) is 5.77. The Morgan fingerprint density at radius 2 is 2.19 bits per heavy atom. The topological polar surface area (TPSA) is 64.1 Å². The molecular weight excluding hydrogens is 341 g/mol.